The second-order valence-electron chi connectivity index (χ2n) is 9.19. The maximum absolute atomic E-state index is 13.5. The second kappa shape index (κ2) is 7.10. The van der Waals surface area contributed by atoms with E-state index in [2.05, 4.69) is 37.5 Å². The first-order valence-electron chi connectivity index (χ1n) is 11.1. The van der Waals surface area contributed by atoms with Crippen LogP contribution in [0, 0.1) is 11.8 Å². The van der Waals surface area contributed by atoms with Gasteiger partial charge in [0, 0.05) is 30.1 Å². The summed E-state index contributed by atoms with van der Waals surface area (Å²) in [4.78, 5) is 18.4. The molecule has 6 rings (SSSR count). The van der Waals surface area contributed by atoms with E-state index < -0.39 is 0 Å². The van der Waals surface area contributed by atoms with Gasteiger partial charge in [0.1, 0.15) is 5.69 Å². The third-order valence-corrected chi connectivity index (χ3v) is 8.23. The lowest BCUT2D eigenvalue weighted by Gasteiger charge is -2.54. The molecule has 0 radical (unpaired) electrons. The summed E-state index contributed by atoms with van der Waals surface area (Å²) >= 11 is 1.65. The minimum absolute atomic E-state index is 0.119. The molecule has 2 aromatic heterocycles. The number of nitrogens with one attached hydrogen (secondary N) is 1. The summed E-state index contributed by atoms with van der Waals surface area (Å²) < 4.78 is 0. The highest BCUT2D eigenvalue weighted by molar-refractivity contribution is 7.08. The number of carbonyl (C=O) groups excluding carboxylic acids is 1. The molecule has 29 heavy (non-hydrogen) atoms. The summed E-state index contributed by atoms with van der Waals surface area (Å²) in [6.45, 7) is 3.26. The standard InChI is InChI=1S/C23H28N4OS/c28-23(20-12-19(24-25-20)16-6-9-29-14-16)27-8-3-4-15-10-17-11-18(22(15)27)13-26-7-2-1-5-21(17)26/h6,9-10,12,14,17-18,21-22H,1-5,7-8,11,13H2,(H,24,25). The molecule has 6 heteroatoms. The Kier molecular flexibility index (Phi) is 4.38. The Balaban J connectivity index is 1.29. The Morgan fingerprint density at radius 3 is 3.10 bits per heavy atom. The van der Waals surface area contributed by atoms with E-state index in [0.29, 0.717) is 17.5 Å². The van der Waals surface area contributed by atoms with Gasteiger partial charge in [-0.25, -0.2) is 0 Å². The van der Waals surface area contributed by atoms with Gasteiger partial charge in [-0.2, -0.15) is 16.4 Å². The van der Waals surface area contributed by atoms with Crippen molar-refractivity contribution in [2.45, 2.75) is 50.6 Å². The Hall–Kier alpha value is -1.92. The van der Waals surface area contributed by atoms with Gasteiger partial charge in [-0.3, -0.25) is 14.8 Å². The number of piperidine rings is 3. The van der Waals surface area contributed by atoms with Crippen molar-refractivity contribution >= 4 is 17.2 Å². The molecule has 0 spiro atoms. The van der Waals surface area contributed by atoms with Crippen molar-refractivity contribution < 1.29 is 4.79 Å². The SMILES string of the molecule is O=C(c1cc(-c2ccsc2)n[nH]1)N1CCCC2=CC3CC(CN4CCCCC34)C21. The zero-order valence-electron chi connectivity index (χ0n) is 16.7. The van der Waals surface area contributed by atoms with Gasteiger partial charge in [0.05, 0.1) is 11.7 Å². The first kappa shape index (κ1) is 17.9. The van der Waals surface area contributed by atoms with Gasteiger partial charge < -0.3 is 4.90 Å². The van der Waals surface area contributed by atoms with Crippen molar-refractivity contribution in [3.05, 3.63) is 40.2 Å². The number of aromatic nitrogens is 2. The van der Waals surface area contributed by atoms with E-state index in [4.69, 9.17) is 0 Å². The van der Waals surface area contributed by atoms with E-state index in [1.165, 1.54) is 37.8 Å². The number of thiophene rings is 1. The molecule has 2 aromatic rings. The molecule has 0 aromatic carbocycles. The van der Waals surface area contributed by atoms with Crippen LogP contribution in [0.4, 0.5) is 0 Å². The fraction of sp³-hybridized carbons (Fsp3) is 0.565. The lowest BCUT2D eigenvalue weighted by molar-refractivity contribution is 0.00131. The highest BCUT2D eigenvalue weighted by Gasteiger charge is 2.47. The number of carbonyl (C=O) groups is 1. The van der Waals surface area contributed by atoms with Gasteiger partial charge in [-0.15, -0.1) is 0 Å². The van der Waals surface area contributed by atoms with Gasteiger partial charge in [0.15, 0.2) is 0 Å². The van der Waals surface area contributed by atoms with Crippen molar-refractivity contribution in [2.75, 3.05) is 19.6 Å². The van der Waals surface area contributed by atoms with Gasteiger partial charge in [0.25, 0.3) is 5.91 Å². The summed E-state index contributed by atoms with van der Waals surface area (Å²) in [6, 6.07) is 5.01. The molecule has 1 aliphatic carbocycles. The number of nitrogens with zero attached hydrogens (tertiary/aromatic N) is 3. The van der Waals surface area contributed by atoms with Crippen molar-refractivity contribution in [2.24, 2.45) is 11.8 Å². The first-order valence-corrected chi connectivity index (χ1v) is 12.1. The van der Waals surface area contributed by atoms with E-state index in [9.17, 15) is 4.79 Å². The van der Waals surface area contributed by atoms with E-state index in [-0.39, 0.29) is 11.9 Å². The lowest BCUT2D eigenvalue weighted by atomic mass is 9.68. The predicted octanol–water partition coefficient (Wildman–Crippen LogP) is 4.17. The third-order valence-electron chi connectivity index (χ3n) is 7.54. The normalized spacial score (nSPS) is 31.7. The van der Waals surface area contributed by atoms with Crippen LogP contribution in [0.5, 0.6) is 0 Å². The van der Waals surface area contributed by atoms with Crippen molar-refractivity contribution in [3.8, 4) is 11.3 Å². The molecular formula is C23H28N4OS. The van der Waals surface area contributed by atoms with Gasteiger partial charge in [0.2, 0.25) is 0 Å². The molecule has 0 saturated carbocycles. The van der Waals surface area contributed by atoms with Crippen LogP contribution in [0.15, 0.2) is 34.5 Å². The fourth-order valence-electron chi connectivity index (χ4n) is 6.35. The third kappa shape index (κ3) is 2.99. The summed E-state index contributed by atoms with van der Waals surface area (Å²) in [6.07, 6.45) is 10.1. The van der Waals surface area contributed by atoms with Crippen LogP contribution in [0.25, 0.3) is 11.3 Å². The molecule has 3 saturated heterocycles. The average Bonchev–Trinajstić information content (AvgIpc) is 3.45. The lowest BCUT2D eigenvalue weighted by Crippen LogP contribution is -2.60. The zero-order valence-corrected chi connectivity index (χ0v) is 17.5. The fourth-order valence-corrected chi connectivity index (χ4v) is 6.99. The molecule has 1 amide bonds. The Morgan fingerprint density at radius 1 is 1.24 bits per heavy atom. The maximum Gasteiger partial charge on any atom is 0.272 e. The van der Waals surface area contributed by atoms with E-state index in [0.717, 1.165) is 43.2 Å². The molecule has 152 valence electrons. The molecule has 3 aliphatic heterocycles. The van der Waals surface area contributed by atoms with Crippen molar-refractivity contribution in [1.82, 2.24) is 20.0 Å². The van der Waals surface area contributed by atoms with Gasteiger partial charge in [-0.1, -0.05) is 18.1 Å². The Labute approximate surface area is 175 Å². The molecular weight excluding hydrogens is 380 g/mol. The number of fused-ring (bicyclic) bond motifs is 6. The van der Waals surface area contributed by atoms with Crippen LogP contribution in [-0.2, 0) is 0 Å². The molecule has 3 fully saturated rings. The summed E-state index contributed by atoms with van der Waals surface area (Å²) in [5.74, 6) is 1.40. The highest BCUT2D eigenvalue weighted by atomic mass is 32.1. The predicted molar refractivity (Wildman–Crippen MR) is 115 cm³/mol. The summed E-state index contributed by atoms with van der Waals surface area (Å²) in [7, 11) is 0. The van der Waals surface area contributed by atoms with Crippen LogP contribution >= 0.6 is 11.3 Å². The van der Waals surface area contributed by atoms with Crippen LogP contribution in [0.1, 0.15) is 49.0 Å². The van der Waals surface area contributed by atoms with E-state index >= 15 is 0 Å². The van der Waals surface area contributed by atoms with Crippen LogP contribution < -0.4 is 0 Å². The largest absolute Gasteiger partial charge is 0.330 e. The Bertz CT molecular complexity index is 933. The quantitative estimate of drug-likeness (QED) is 0.759. The molecule has 5 nitrogen and oxygen atoms in total. The topological polar surface area (TPSA) is 52.2 Å². The van der Waals surface area contributed by atoms with Crippen LogP contribution in [0.2, 0.25) is 0 Å². The number of rotatable bonds is 2. The zero-order chi connectivity index (χ0) is 19.4. The van der Waals surface area contributed by atoms with Gasteiger partial charge >= 0.3 is 0 Å². The average molecular weight is 409 g/mol. The second-order valence-corrected chi connectivity index (χ2v) is 9.97. The number of aromatic amines is 1. The molecule has 2 bridgehead atoms. The minimum atomic E-state index is 0.119. The van der Waals surface area contributed by atoms with E-state index in [1.807, 2.05) is 11.4 Å². The van der Waals surface area contributed by atoms with Crippen molar-refractivity contribution in [3.63, 3.8) is 0 Å². The smallest absolute Gasteiger partial charge is 0.272 e. The van der Waals surface area contributed by atoms with E-state index in [1.54, 1.807) is 11.3 Å². The monoisotopic (exact) mass is 408 g/mol. The molecule has 4 atom stereocenters. The number of amides is 1. The maximum atomic E-state index is 13.5. The number of H-pyrrole nitrogens is 1. The van der Waals surface area contributed by atoms with Crippen LogP contribution in [0.3, 0.4) is 0 Å². The number of hydrogen-bond donors (Lipinski definition) is 1. The number of likely N-dealkylation sites (tertiary alicyclic amines) is 1. The molecule has 4 aliphatic rings. The van der Waals surface area contributed by atoms with Crippen LogP contribution in [-0.4, -0.2) is 57.6 Å². The molecule has 1 N–H and O–H groups in total. The number of hydrogen-bond acceptors (Lipinski definition) is 4. The molecule has 4 unspecified atom stereocenters. The summed E-state index contributed by atoms with van der Waals surface area (Å²) in [5, 5.41) is 11.5. The highest BCUT2D eigenvalue weighted by Crippen LogP contribution is 2.45. The first-order chi connectivity index (χ1) is 14.3. The molecule has 5 heterocycles. The summed E-state index contributed by atoms with van der Waals surface area (Å²) in [5.41, 5.74) is 4.10. The van der Waals surface area contributed by atoms with Gasteiger partial charge in [-0.05, 0) is 68.0 Å². The minimum Gasteiger partial charge on any atom is -0.330 e. The Morgan fingerprint density at radius 2 is 2.21 bits per heavy atom. The van der Waals surface area contributed by atoms with Crippen molar-refractivity contribution in [1.29, 1.82) is 0 Å².